The molecule has 0 saturated heterocycles. The van der Waals surface area contributed by atoms with Gasteiger partial charge in [-0.05, 0) is 18.2 Å². The molecule has 0 bridgehead atoms. The van der Waals surface area contributed by atoms with Crippen molar-refractivity contribution in [3.8, 4) is 5.75 Å². The summed E-state index contributed by atoms with van der Waals surface area (Å²) in [6.45, 7) is 0.0748. The second-order valence-electron chi connectivity index (χ2n) is 4.52. The van der Waals surface area contributed by atoms with E-state index in [-0.39, 0.29) is 23.8 Å². The van der Waals surface area contributed by atoms with Crippen LogP contribution in [0.5, 0.6) is 5.75 Å². The van der Waals surface area contributed by atoms with Crippen LogP contribution in [0.4, 0.5) is 4.39 Å². The van der Waals surface area contributed by atoms with E-state index in [1.807, 2.05) is 0 Å². The summed E-state index contributed by atoms with van der Waals surface area (Å²) in [6, 6.07) is 9.36. The lowest BCUT2D eigenvalue weighted by atomic mass is 10.2. The van der Waals surface area contributed by atoms with Gasteiger partial charge >= 0.3 is 0 Å². The fourth-order valence-electron chi connectivity index (χ4n) is 2.02. The van der Waals surface area contributed by atoms with Crippen molar-refractivity contribution in [2.75, 3.05) is 0 Å². The number of imidazole rings is 1. The van der Waals surface area contributed by atoms with Crippen molar-refractivity contribution < 1.29 is 14.3 Å². The van der Waals surface area contributed by atoms with Gasteiger partial charge in [-0.2, -0.15) is 0 Å². The molecule has 1 amide bonds. The maximum Gasteiger partial charge on any atom is 0.271 e. The molecule has 1 aromatic carbocycles. The number of halogens is 1. The van der Waals surface area contributed by atoms with Crippen molar-refractivity contribution in [1.82, 2.24) is 14.7 Å². The summed E-state index contributed by atoms with van der Waals surface area (Å²) in [7, 11) is 0. The first-order valence-electron chi connectivity index (χ1n) is 6.33. The van der Waals surface area contributed by atoms with E-state index in [0.717, 1.165) is 0 Å². The van der Waals surface area contributed by atoms with Crippen molar-refractivity contribution >= 4 is 11.6 Å². The lowest BCUT2D eigenvalue weighted by molar-refractivity contribution is 0.0946. The Hall–Kier alpha value is -2.89. The Kier molecular flexibility index (Phi) is 3.27. The fraction of sp³-hybridized carbons (Fsp3) is 0.0667. The molecule has 0 aliphatic carbocycles. The molecule has 2 aromatic heterocycles. The van der Waals surface area contributed by atoms with Gasteiger partial charge in [0.2, 0.25) is 0 Å². The molecule has 2 N–H and O–H groups in total. The van der Waals surface area contributed by atoms with Gasteiger partial charge in [0.25, 0.3) is 5.91 Å². The van der Waals surface area contributed by atoms with Crippen LogP contribution in [0.3, 0.4) is 0 Å². The van der Waals surface area contributed by atoms with E-state index in [1.54, 1.807) is 34.9 Å². The Morgan fingerprint density at radius 1 is 1.29 bits per heavy atom. The Labute approximate surface area is 119 Å². The first kappa shape index (κ1) is 13.1. The van der Waals surface area contributed by atoms with Crippen LogP contribution in [0, 0.1) is 5.82 Å². The van der Waals surface area contributed by atoms with Gasteiger partial charge in [-0.3, -0.25) is 4.79 Å². The fourth-order valence-corrected chi connectivity index (χ4v) is 2.02. The predicted molar refractivity (Wildman–Crippen MR) is 74.4 cm³/mol. The number of hydrogen-bond donors (Lipinski definition) is 2. The van der Waals surface area contributed by atoms with E-state index in [9.17, 15) is 14.3 Å². The Morgan fingerprint density at radius 3 is 2.86 bits per heavy atom. The summed E-state index contributed by atoms with van der Waals surface area (Å²) in [5.74, 6) is -0.808. The van der Waals surface area contributed by atoms with Gasteiger partial charge < -0.3 is 14.8 Å². The van der Waals surface area contributed by atoms with Gasteiger partial charge in [0.15, 0.2) is 11.4 Å². The topological polar surface area (TPSA) is 66.6 Å². The number of nitrogens with one attached hydrogen (secondary N) is 1. The molecule has 3 rings (SSSR count). The van der Waals surface area contributed by atoms with Crippen LogP contribution in [0.25, 0.3) is 5.65 Å². The van der Waals surface area contributed by atoms with Gasteiger partial charge in [0.1, 0.15) is 11.5 Å². The molecule has 0 atom stereocenters. The van der Waals surface area contributed by atoms with Crippen LogP contribution in [0.2, 0.25) is 0 Å². The number of rotatable bonds is 3. The zero-order valence-electron chi connectivity index (χ0n) is 11.0. The lowest BCUT2D eigenvalue weighted by Gasteiger charge is -2.04. The highest BCUT2D eigenvalue weighted by atomic mass is 19.1. The van der Waals surface area contributed by atoms with E-state index >= 15 is 0 Å². The first-order valence-corrected chi connectivity index (χ1v) is 6.33. The molecule has 5 nitrogen and oxygen atoms in total. The van der Waals surface area contributed by atoms with Crippen molar-refractivity contribution in [3.63, 3.8) is 0 Å². The van der Waals surface area contributed by atoms with Crippen LogP contribution in [0.1, 0.15) is 16.1 Å². The number of carbonyl (C=O) groups is 1. The number of aromatic nitrogens is 2. The van der Waals surface area contributed by atoms with Gasteiger partial charge in [0, 0.05) is 24.5 Å². The number of benzene rings is 1. The summed E-state index contributed by atoms with van der Waals surface area (Å²) in [6.07, 6.45) is 3.18. The van der Waals surface area contributed by atoms with E-state index < -0.39 is 5.91 Å². The number of nitrogens with zero attached hydrogens (tertiary/aromatic N) is 2. The normalized spacial score (nSPS) is 10.7. The molecule has 106 valence electrons. The molecule has 0 fully saturated rings. The van der Waals surface area contributed by atoms with Crippen LogP contribution < -0.4 is 5.32 Å². The highest BCUT2D eigenvalue weighted by molar-refractivity contribution is 5.93. The minimum atomic E-state index is -0.429. The molecule has 0 spiro atoms. The Bertz CT molecular complexity index is 814. The van der Waals surface area contributed by atoms with Crippen LogP contribution in [0.15, 0.2) is 48.8 Å². The maximum atomic E-state index is 13.5. The average molecular weight is 285 g/mol. The van der Waals surface area contributed by atoms with E-state index in [0.29, 0.717) is 11.2 Å². The minimum Gasteiger partial charge on any atom is -0.504 e. The van der Waals surface area contributed by atoms with Gasteiger partial charge in [-0.15, -0.1) is 0 Å². The van der Waals surface area contributed by atoms with Crippen molar-refractivity contribution in [1.29, 1.82) is 0 Å². The zero-order valence-corrected chi connectivity index (χ0v) is 11.0. The lowest BCUT2D eigenvalue weighted by Crippen LogP contribution is -2.23. The number of pyridine rings is 1. The van der Waals surface area contributed by atoms with Crippen molar-refractivity contribution in [2.45, 2.75) is 6.54 Å². The highest BCUT2D eigenvalue weighted by Gasteiger charge is 2.12. The van der Waals surface area contributed by atoms with Crippen LogP contribution >= 0.6 is 0 Å². The molecule has 2 heterocycles. The van der Waals surface area contributed by atoms with E-state index in [2.05, 4.69) is 10.3 Å². The smallest absolute Gasteiger partial charge is 0.271 e. The summed E-state index contributed by atoms with van der Waals surface area (Å²) in [5, 5.41) is 12.2. The molecule has 0 aliphatic rings. The summed E-state index contributed by atoms with van der Waals surface area (Å²) >= 11 is 0. The van der Waals surface area contributed by atoms with E-state index in [1.165, 1.54) is 18.3 Å². The monoisotopic (exact) mass is 285 g/mol. The Morgan fingerprint density at radius 2 is 2.10 bits per heavy atom. The molecular formula is C15H12FN3O2. The predicted octanol–water partition coefficient (Wildman–Crippen LogP) is 2.11. The third-order valence-electron chi connectivity index (χ3n) is 3.09. The zero-order chi connectivity index (χ0) is 14.8. The third kappa shape index (κ3) is 2.55. The second kappa shape index (κ2) is 5.24. The SMILES string of the molecule is O=C(NCc1ccccc1F)c1cn2cccc(O)c2n1. The molecular weight excluding hydrogens is 273 g/mol. The van der Waals surface area contributed by atoms with Gasteiger partial charge in [-0.1, -0.05) is 18.2 Å². The molecule has 0 aliphatic heterocycles. The number of amides is 1. The second-order valence-corrected chi connectivity index (χ2v) is 4.52. The third-order valence-corrected chi connectivity index (χ3v) is 3.09. The van der Waals surface area contributed by atoms with Crippen LogP contribution in [-0.2, 0) is 6.54 Å². The quantitative estimate of drug-likeness (QED) is 0.774. The molecule has 0 unspecified atom stereocenters. The van der Waals surface area contributed by atoms with Crippen molar-refractivity contribution in [3.05, 3.63) is 65.9 Å². The maximum absolute atomic E-state index is 13.5. The average Bonchev–Trinajstić information content (AvgIpc) is 2.92. The number of hydrogen-bond acceptors (Lipinski definition) is 3. The Balaban J connectivity index is 1.78. The largest absolute Gasteiger partial charge is 0.504 e. The van der Waals surface area contributed by atoms with Gasteiger partial charge in [0.05, 0.1) is 0 Å². The summed E-state index contributed by atoms with van der Waals surface area (Å²) < 4.78 is 15.0. The molecule has 21 heavy (non-hydrogen) atoms. The van der Waals surface area contributed by atoms with Crippen molar-refractivity contribution in [2.24, 2.45) is 0 Å². The molecule has 3 aromatic rings. The minimum absolute atomic E-state index is 0.00865. The number of fused-ring (bicyclic) bond motifs is 1. The highest BCUT2D eigenvalue weighted by Crippen LogP contribution is 2.16. The van der Waals surface area contributed by atoms with Gasteiger partial charge in [-0.25, -0.2) is 9.37 Å². The molecule has 0 radical (unpaired) electrons. The standard InChI is InChI=1S/C15H12FN3O2/c16-11-5-2-1-4-10(11)8-17-15(21)12-9-19-7-3-6-13(20)14(19)18-12/h1-7,9,20H,8H2,(H,17,21). The summed E-state index contributed by atoms with van der Waals surface area (Å²) in [4.78, 5) is 16.1. The molecule has 6 heteroatoms. The van der Waals surface area contributed by atoms with E-state index in [4.69, 9.17) is 0 Å². The first-order chi connectivity index (χ1) is 10.1. The summed E-state index contributed by atoms with van der Waals surface area (Å²) in [5.41, 5.74) is 0.860. The number of aromatic hydroxyl groups is 1. The number of carbonyl (C=O) groups excluding carboxylic acids is 1. The molecule has 0 saturated carbocycles. The van der Waals surface area contributed by atoms with Crippen LogP contribution in [-0.4, -0.2) is 20.4 Å².